The zero-order valence-corrected chi connectivity index (χ0v) is 13.6. The largest absolute Gasteiger partial charge is 0.497 e. The second-order valence-corrected chi connectivity index (χ2v) is 6.08. The van der Waals surface area contributed by atoms with Crippen LogP contribution >= 0.6 is 0 Å². The number of carbonyl (C=O) groups is 1. The van der Waals surface area contributed by atoms with Gasteiger partial charge >= 0.3 is 0 Å². The second kappa shape index (κ2) is 6.82. The quantitative estimate of drug-likeness (QED) is 0.940. The van der Waals surface area contributed by atoms with Gasteiger partial charge in [0.25, 0.3) is 0 Å². The third-order valence-electron chi connectivity index (χ3n) is 4.31. The fourth-order valence-electron chi connectivity index (χ4n) is 3.26. The van der Waals surface area contributed by atoms with E-state index in [1.165, 1.54) is 5.57 Å². The van der Waals surface area contributed by atoms with Gasteiger partial charge in [-0.3, -0.25) is 9.78 Å². The Kier molecular flexibility index (Phi) is 4.60. The molecule has 1 heterocycles. The summed E-state index contributed by atoms with van der Waals surface area (Å²) in [4.78, 5) is 15.7. The van der Waals surface area contributed by atoms with Crippen molar-refractivity contribution in [2.24, 2.45) is 0 Å². The molecule has 1 N–H and O–H groups in total. The van der Waals surface area contributed by atoms with Gasteiger partial charge in [-0.2, -0.15) is 0 Å². The van der Waals surface area contributed by atoms with Crippen LogP contribution in [0.5, 0.6) is 5.75 Å². The Morgan fingerprint density at radius 3 is 3.04 bits per heavy atom. The van der Waals surface area contributed by atoms with E-state index in [1.807, 2.05) is 30.5 Å². The Bertz CT molecular complexity index is 752. The summed E-state index contributed by atoms with van der Waals surface area (Å²) in [5.74, 6) is 0.889. The van der Waals surface area contributed by atoms with E-state index in [0.29, 0.717) is 0 Å². The molecule has 2 aromatic rings. The summed E-state index contributed by atoms with van der Waals surface area (Å²) in [5.41, 5.74) is 3.51. The molecule has 0 aliphatic heterocycles. The Labute approximate surface area is 136 Å². The van der Waals surface area contributed by atoms with Crippen molar-refractivity contribution in [3.8, 4) is 5.75 Å². The molecule has 0 radical (unpaired) electrons. The molecule has 23 heavy (non-hydrogen) atoms. The van der Waals surface area contributed by atoms with Crippen LogP contribution < -0.4 is 10.1 Å². The van der Waals surface area contributed by atoms with Crippen LogP contribution in [-0.4, -0.2) is 24.0 Å². The number of ether oxygens (including phenoxy) is 1. The van der Waals surface area contributed by atoms with Crippen molar-refractivity contribution in [1.29, 1.82) is 0 Å². The van der Waals surface area contributed by atoms with Crippen LogP contribution in [0.2, 0.25) is 0 Å². The molecule has 3 rings (SSSR count). The maximum atomic E-state index is 11.3. The molecular weight excluding hydrogens is 288 g/mol. The molecule has 0 spiro atoms. The van der Waals surface area contributed by atoms with Crippen molar-refractivity contribution < 1.29 is 9.53 Å². The number of benzene rings is 1. The molecule has 0 saturated heterocycles. The summed E-state index contributed by atoms with van der Waals surface area (Å²) in [6, 6.07) is 8.24. The average Bonchev–Trinajstić information content (AvgIpc) is 2.54. The molecular formula is C19H22N2O2. The fourth-order valence-corrected chi connectivity index (χ4v) is 3.26. The minimum Gasteiger partial charge on any atom is -0.497 e. The predicted molar refractivity (Wildman–Crippen MR) is 92.3 cm³/mol. The summed E-state index contributed by atoms with van der Waals surface area (Å²) in [6.07, 6.45) is 8.27. The molecule has 1 aliphatic rings. The lowest BCUT2D eigenvalue weighted by Gasteiger charge is -2.25. The molecule has 1 aromatic carbocycles. The van der Waals surface area contributed by atoms with Crippen molar-refractivity contribution >= 4 is 22.9 Å². The first kappa shape index (κ1) is 15.5. The van der Waals surface area contributed by atoms with E-state index in [1.54, 1.807) is 14.0 Å². The SMILES string of the molecule is COc1ccc2nccc(/C=C3\CCCC(NC(C)=O)C3)c2c1. The van der Waals surface area contributed by atoms with Crippen LogP contribution in [0.4, 0.5) is 0 Å². The van der Waals surface area contributed by atoms with Crippen LogP contribution in [0.3, 0.4) is 0 Å². The standard InChI is InChI=1S/C19H22N2O2/c1-13(22)21-16-5-3-4-14(11-16)10-15-8-9-20-19-7-6-17(23-2)12-18(15)19/h6-10,12,16H,3-5,11H2,1-2H3,(H,21,22)/b14-10+. The second-order valence-electron chi connectivity index (χ2n) is 6.08. The highest BCUT2D eigenvalue weighted by molar-refractivity contribution is 5.89. The third-order valence-corrected chi connectivity index (χ3v) is 4.31. The van der Waals surface area contributed by atoms with Crippen molar-refractivity contribution in [3.63, 3.8) is 0 Å². The van der Waals surface area contributed by atoms with Gasteiger partial charge in [0.05, 0.1) is 12.6 Å². The molecule has 120 valence electrons. The summed E-state index contributed by atoms with van der Waals surface area (Å²) in [6.45, 7) is 1.58. The maximum absolute atomic E-state index is 11.3. The number of rotatable bonds is 3. The number of carbonyl (C=O) groups excluding carboxylic acids is 1. The average molecular weight is 310 g/mol. The van der Waals surface area contributed by atoms with Crippen LogP contribution in [-0.2, 0) is 4.79 Å². The van der Waals surface area contributed by atoms with Gasteiger partial charge in [-0.25, -0.2) is 0 Å². The molecule has 1 amide bonds. The summed E-state index contributed by atoms with van der Waals surface area (Å²) < 4.78 is 5.33. The molecule has 4 heteroatoms. The lowest BCUT2D eigenvalue weighted by Crippen LogP contribution is -2.35. The van der Waals surface area contributed by atoms with Gasteiger partial charge in [-0.05, 0) is 55.5 Å². The minimum atomic E-state index is 0.0512. The van der Waals surface area contributed by atoms with Gasteiger partial charge in [-0.15, -0.1) is 0 Å². The number of amides is 1. The van der Waals surface area contributed by atoms with E-state index < -0.39 is 0 Å². The van der Waals surface area contributed by atoms with Crippen LogP contribution in [0.25, 0.3) is 17.0 Å². The number of nitrogens with zero attached hydrogens (tertiary/aromatic N) is 1. The van der Waals surface area contributed by atoms with E-state index in [0.717, 1.165) is 47.9 Å². The highest BCUT2D eigenvalue weighted by Gasteiger charge is 2.17. The number of hydrogen-bond acceptors (Lipinski definition) is 3. The molecule has 1 unspecified atom stereocenters. The molecule has 1 aliphatic carbocycles. The third kappa shape index (κ3) is 3.70. The van der Waals surface area contributed by atoms with Crippen LogP contribution in [0, 0.1) is 0 Å². The van der Waals surface area contributed by atoms with Gasteiger partial charge in [0.15, 0.2) is 0 Å². The van der Waals surface area contributed by atoms with Crippen LogP contribution in [0.15, 0.2) is 36.0 Å². The number of hydrogen-bond donors (Lipinski definition) is 1. The molecule has 0 bridgehead atoms. The molecule has 4 nitrogen and oxygen atoms in total. The normalized spacial score (nSPS) is 19.7. The first-order valence-electron chi connectivity index (χ1n) is 8.05. The van der Waals surface area contributed by atoms with E-state index in [9.17, 15) is 4.79 Å². The number of aromatic nitrogens is 1. The molecule has 1 atom stereocenters. The monoisotopic (exact) mass is 310 g/mol. The van der Waals surface area contributed by atoms with E-state index in [-0.39, 0.29) is 11.9 Å². The molecule has 1 aromatic heterocycles. The minimum absolute atomic E-state index is 0.0512. The molecule has 1 fully saturated rings. The van der Waals surface area contributed by atoms with Gasteiger partial charge in [0.1, 0.15) is 5.75 Å². The van der Waals surface area contributed by atoms with Crippen molar-refractivity contribution in [1.82, 2.24) is 10.3 Å². The summed E-state index contributed by atoms with van der Waals surface area (Å²) in [5, 5.41) is 4.14. The lowest BCUT2D eigenvalue weighted by atomic mass is 9.89. The first-order chi connectivity index (χ1) is 11.2. The zero-order valence-electron chi connectivity index (χ0n) is 13.6. The Hall–Kier alpha value is -2.36. The van der Waals surface area contributed by atoms with Crippen molar-refractivity contribution in [2.45, 2.75) is 38.6 Å². The Morgan fingerprint density at radius 1 is 1.39 bits per heavy atom. The smallest absolute Gasteiger partial charge is 0.217 e. The zero-order chi connectivity index (χ0) is 16.2. The molecule has 1 saturated carbocycles. The summed E-state index contributed by atoms with van der Waals surface area (Å²) in [7, 11) is 1.68. The van der Waals surface area contributed by atoms with Gasteiger partial charge in [0, 0.05) is 24.5 Å². The highest BCUT2D eigenvalue weighted by Crippen LogP contribution is 2.29. The van der Waals surface area contributed by atoms with Gasteiger partial charge < -0.3 is 10.1 Å². The van der Waals surface area contributed by atoms with E-state index >= 15 is 0 Å². The fraction of sp³-hybridized carbons (Fsp3) is 0.368. The van der Waals surface area contributed by atoms with Gasteiger partial charge in [0.2, 0.25) is 5.91 Å². The summed E-state index contributed by atoms with van der Waals surface area (Å²) >= 11 is 0. The van der Waals surface area contributed by atoms with E-state index in [4.69, 9.17) is 4.74 Å². The van der Waals surface area contributed by atoms with E-state index in [2.05, 4.69) is 16.4 Å². The maximum Gasteiger partial charge on any atom is 0.217 e. The predicted octanol–water partition coefficient (Wildman–Crippen LogP) is 3.71. The van der Waals surface area contributed by atoms with Gasteiger partial charge in [-0.1, -0.05) is 11.6 Å². The van der Waals surface area contributed by atoms with Crippen LogP contribution in [0.1, 0.15) is 38.2 Å². The number of nitrogens with one attached hydrogen (secondary N) is 1. The topological polar surface area (TPSA) is 51.2 Å². The van der Waals surface area contributed by atoms with Crippen molar-refractivity contribution in [3.05, 3.63) is 41.6 Å². The Balaban J connectivity index is 1.91. The number of pyridine rings is 1. The highest BCUT2D eigenvalue weighted by atomic mass is 16.5. The number of methoxy groups -OCH3 is 1. The lowest BCUT2D eigenvalue weighted by molar-refractivity contribution is -0.119. The Morgan fingerprint density at radius 2 is 2.26 bits per heavy atom. The van der Waals surface area contributed by atoms with Crippen molar-refractivity contribution in [2.75, 3.05) is 7.11 Å². The number of fused-ring (bicyclic) bond motifs is 1. The first-order valence-corrected chi connectivity index (χ1v) is 8.05.